The van der Waals surface area contributed by atoms with Crippen LogP contribution in [0.4, 0.5) is 5.69 Å². The second kappa shape index (κ2) is 8.58. The van der Waals surface area contributed by atoms with Gasteiger partial charge in [0.25, 0.3) is 5.91 Å². The van der Waals surface area contributed by atoms with E-state index in [4.69, 9.17) is 9.47 Å². The molecule has 2 aromatic rings. The van der Waals surface area contributed by atoms with Gasteiger partial charge in [-0.2, -0.15) is 0 Å². The van der Waals surface area contributed by atoms with Crippen molar-refractivity contribution in [3.63, 3.8) is 0 Å². The van der Waals surface area contributed by atoms with Gasteiger partial charge >= 0.3 is 0 Å². The van der Waals surface area contributed by atoms with Gasteiger partial charge in [-0.1, -0.05) is 0 Å². The Labute approximate surface area is 159 Å². The first kappa shape index (κ1) is 18.8. The van der Waals surface area contributed by atoms with Gasteiger partial charge in [0.05, 0.1) is 13.2 Å². The monoisotopic (exact) mass is 368 g/mol. The summed E-state index contributed by atoms with van der Waals surface area (Å²) in [7, 11) is 1.61. The summed E-state index contributed by atoms with van der Waals surface area (Å²) in [5.74, 6) is 1.45. The molecule has 142 valence electrons. The molecule has 6 heteroatoms. The maximum Gasteiger partial charge on any atom is 0.251 e. The van der Waals surface area contributed by atoms with Crippen LogP contribution in [0.15, 0.2) is 48.5 Å². The van der Waals surface area contributed by atoms with Crippen molar-refractivity contribution in [2.75, 3.05) is 25.2 Å². The second-order valence-corrected chi connectivity index (χ2v) is 6.56. The molecule has 3 rings (SSSR count). The minimum atomic E-state index is -0.167. The third-order valence-electron chi connectivity index (χ3n) is 4.45. The van der Waals surface area contributed by atoms with Crippen LogP contribution in [0.3, 0.4) is 0 Å². The smallest absolute Gasteiger partial charge is 0.251 e. The summed E-state index contributed by atoms with van der Waals surface area (Å²) < 4.78 is 10.8. The first-order valence-corrected chi connectivity index (χ1v) is 9.05. The van der Waals surface area contributed by atoms with Crippen LogP contribution in [0, 0.1) is 0 Å². The highest BCUT2D eigenvalue weighted by Crippen LogP contribution is 2.21. The third-order valence-corrected chi connectivity index (χ3v) is 4.45. The topological polar surface area (TPSA) is 67.9 Å². The molecule has 1 atom stereocenters. The number of nitrogens with one attached hydrogen (secondary N) is 1. The Hall–Kier alpha value is -3.02. The van der Waals surface area contributed by atoms with Gasteiger partial charge in [-0.3, -0.25) is 9.59 Å². The molecular weight excluding hydrogens is 344 g/mol. The fourth-order valence-corrected chi connectivity index (χ4v) is 2.96. The summed E-state index contributed by atoms with van der Waals surface area (Å²) in [6, 6.07) is 14.3. The third kappa shape index (κ3) is 4.78. The first-order valence-electron chi connectivity index (χ1n) is 9.05. The average molecular weight is 368 g/mol. The number of rotatable bonds is 7. The number of hydrogen-bond donors (Lipinski definition) is 1. The average Bonchev–Trinajstić information content (AvgIpc) is 3.12. The van der Waals surface area contributed by atoms with Crippen LogP contribution in [0.2, 0.25) is 0 Å². The van der Waals surface area contributed by atoms with E-state index in [0.717, 1.165) is 30.2 Å². The number of methoxy groups -OCH3 is 1. The predicted octanol–water partition coefficient (Wildman–Crippen LogP) is 3.02. The largest absolute Gasteiger partial charge is 0.497 e. The van der Waals surface area contributed by atoms with Crippen LogP contribution < -0.4 is 19.7 Å². The summed E-state index contributed by atoms with van der Waals surface area (Å²) >= 11 is 0. The highest BCUT2D eigenvalue weighted by molar-refractivity contribution is 5.97. The van der Waals surface area contributed by atoms with Crippen molar-refractivity contribution < 1.29 is 19.1 Å². The minimum Gasteiger partial charge on any atom is -0.497 e. The van der Waals surface area contributed by atoms with Gasteiger partial charge in [0.2, 0.25) is 5.91 Å². The Kier molecular flexibility index (Phi) is 5.96. The van der Waals surface area contributed by atoms with Crippen LogP contribution in [0.25, 0.3) is 0 Å². The Morgan fingerprint density at radius 3 is 2.37 bits per heavy atom. The van der Waals surface area contributed by atoms with Crippen molar-refractivity contribution in [1.29, 1.82) is 0 Å². The Morgan fingerprint density at radius 2 is 1.78 bits per heavy atom. The minimum absolute atomic E-state index is 0.136. The van der Waals surface area contributed by atoms with E-state index in [1.807, 2.05) is 43.3 Å². The van der Waals surface area contributed by atoms with Crippen molar-refractivity contribution in [2.45, 2.75) is 25.8 Å². The molecule has 6 nitrogen and oxygen atoms in total. The summed E-state index contributed by atoms with van der Waals surface area (Å²) in [5, 5.41) is 2.92. The molecule has 1 aliphatic rings. The van der Waals surface area contributed by atoms with Crippen molar-refractivity contribution in [3.05, 3.63) is 54.1 Å². The van der Waals surface area contributed by atoms with E-state index in [0.29, 0.717) is 18.6 Å². The molecule has 0 saturated carbocycles. The zero-order valence-electron chi connectivity index (χ0n) is 15.6. The molecule has 0 spiro atoms. The molecule has 2 amide bonds. The highest BCUT2D eigenvalue weighted by atomic mass is 16.5. The van der Waals surface area contributed by atoms with Gasteiger partial charge in [0, 0.05) is 24.2 Å². The normalized spacial score (nSPS) is 14.7. The zero-order valence-corrected chi connectivity index (χ0v) is 15.6. The molecule has 1 heterocycles. The van der Waals surface area contributed by atoms with Gasteiger partial charge in [-0.25, -0.2) is 0 Å². The van der Waals surface area contributed by atoms with Crippen LogP contribution in [-0.2, 0) is 4.79 Å². The van der Waals surface area contributed by atoms with Gasteiger partial charge < -0.3 is 19.7 Å². The summed E-state index contributed by atoms with van der Waals surface area (Å²) in [4.78, 5) is 25.9. The molecule has 27 heavy (non-hydrogen) atoms. The number of ether oxygens (including phenoxy) is 2. The summed E-state index contributed by atoms with van der Waals surface area (Å²) in [6.07, 6.45) is 1.47. The molecule has 1 aliphatic heterocycles. The van der Waals surface area contributed by atoms with Gasteiger partial charge in [0.1, 0.15) is 18.1 Å². The molecule has 0 unspecified atom stereocenters. The van der Waals surface area contributed by atoms with E-state index in [2.05, 4.69) is 5.32 Å². The Morgan fingerprint density at radius 1 is 1.11 bits per heavy atom. The van der Waals surface area contributed by atoms with Crippen LogP contribution in [-0.4, -0.2) is 38.1 Å². The number of hydrogen-bond acceptors (Lipinski definition) is 4. The Balaban J connectivity index is 1.50. The quantitative estimate of drug-likeness (QED) is 0.816. The molecule has 0 aliphatic carbocycles. The van der Waals surface area contributed by atoms with E-state index in [1.54, 1.807) is 24.1 Å². The lowest BCUT2D eigenvalue weighted by atomic mass is 10.1. The number of carbonyl (C=O) groups is 2. The molecule has 0 bridgehead atoms. The van der Waals surface area contributed by atoms with Crippen LogP contribution in [0.1, 0.15) is 30.1 Å². The fourth-order valence-electron chi connectivity index (χ4n) is 2.96. The standard InChI is InChI=1S/C21H24N2O4/c1-15(14-27-19-11-9-18(26-2)10-12-19)22-21(25)16-5-7-17(8-6-16)23-13-3-4-20(23)24/h5-12,15H,3-4,13-14H2,1-2H3,(H,22,25)/t15-/m1/s1. The van der Waals surface area contributed by atoms with Gasteiger partial charge in [-0.15, -0.1) is 0 Å². The lowest BCUT2D eigenvalue weighted by molar-refractivity contribution is -0.117. The maximum atomic E-state index is 12.4. The zero-order chi connectivity index (χ0) is 19.2. The SMILES string of the molecule is COc1ccc(OC[C@@H](C)NC(=O)c2ccc(N3CCCC3=O)cc2)cc1. The number of amides is 2. The highest BCUT2D eigenvalue weighted by Gasteiger charge is 2.21. The van der Waals surface area contributed by atoms with E-state index in [-0.39, 0.29) is 17.9 Å². The second-order valence-electron chi connectivity index (χ2n) is 6.56. The van der Waals surface area contributed by atoms with Crippen LogP contribution in [0.5, 0.6) is 11.5 Å². The number of benzene rings is 2. The summed E-state index contributed by atoms with van der Waals surface area (Å²) in [6.45, 7) is 2.99. The van der Waals surface area contributed by atoms with E-state index < -0.39 is 0 Å². The van der Waals surface area contributed by atoms with E-state index >= 15 is 0 Å². The molecule has 2 aromatic carbocycles. The number of anilines is 1. The van der Waals surface area contributed by atoms with E-state index in [1.165, 1.54) is 0 Å². The molecule has 0 aromatic heterocycles. The Bertz CT molecular complexity index is 787. The maximum absolute atomic E-state index is 12.4. The van der Waals surface area contributed by atoms with Crippen LogP contribution >= 0.6 is 0 Å². The lowest BCUT2D eigenvalue weighted by Crippen LogP contribution is -2.36. The number of nitrogens with zero attached hydrogens (tertiary/aromatic N) is 1. The molecule has 1 saturated heterocycles. The van der Waals surface area contributed by atoms with Crippen molar-refractivity contribution in [1.82, 2.24) is 5.32 Å². The van der Waals surface area contributed by atoms with Gasteiger partial charge in [0.15, 0.2) is 0 Å². The molecular formula is C21H24N2O4. The molecule has 1 N–H and O–H groups in total. The van der Waals surface area contributed by atoms with Crippen molar-refractivity contribution in [2.24, 2.45) is 0 Å². The van der Waals surface area contributed by atoms with Crippen molar-refractivity contribution in [3.8, 4) is 11.5 Å². The van der Waals surface area contributed by atoms with Gasteiger partial charge in [-0.05, 0) is 61.9 Å². The predicted molar refractivity (Wildman–Crippen MR) is 103 cm³/mol. The first-order chi connectivity index (χ1) is 13.1. The van der Waals surface area contributed by atoms with E-state index in [9.17, 15) is 9.59 Å². The lowest BCUT2D eigenvalue weighted by Gasteiger charge is -2.17. The molecule has 0 radical (unpaired) electrons. The fraction of sp³-hybridized carbons (Fsp3) is 0.333. The molecule has 1 fully saturated rings. The number of carbonyl (C=O) groups excluding carboxylic acids is 2. The van der Waals surface area contributed by atoms with Crippen molar-refractivity contribution >= 4 is 17.5 Å². The summed E-state index contributed by atoms with van der Waals surface area (Å²) in [5.41, 5.74) is 1.40.